The van der Waals surface area contributed by atoms with Crippen LogP contribution in [0.25, 0.3) is 0 Å². The van der Waals surface area contributed by atoms with Crippen LogP contribution < -0.4 is 14.8 Å². The lowest BCUT2D eigenvalue weighted by molar-refractivity contribution is -0.384. The van der Waals surface area contributed by atoms with Gasteiger partial charge in [-0.05, 0) is 25.1 Å². The Kier molecular flexibility index (Phi) is 6.14. The topological polar surface area (TPSA) is 134 Å². The van der Waals surface area contributed by atoms with Crippen molar-refractivity contribution in [3.63, 3.8) is 0 Å². The number of hydrogen-bond donors (Lipinski definition) is 1. The van der Waals surface area contributed by atoms with Crippen LogP contribution in [-0.2, 0) is 4.79 Å². The summed E-state index contributed by atoms with van der Waals surface area (Å²) >= 11 is 5.92. The van der Waals surface area contributed by atoms with E-state index in [4.69, 9.17) is 21.1 Å². The normalized spacial score (nSPS) is 11.4. The number of methoxy groups -OCH3 is 1. The van der Waals surface area contributed by atoms with Crippen molar-refractivity contribution in [1.29, 1.82) is 0 Å². The monoisotopic (exact) mass is 395 g/mol. The first-order valence-corrected chi connectivity index (χ1v) is 7.84. The summed E-state index contributed by atoms with van der Waals surface area (Å²) in [5, 5.41) is 24.2. The fraction of sp³-hybridized carbons (Fsp3) is 0.188. The second-order valence-electron chi connectivity index (χ2n) is 5.26. The molecule has 0 aliphatic heterocycles. The molecule has 0 spiro atoms. The Morgan fingerprint density at radius 3 is 2.41 bits per heavy atom. The van der Waals surface area contributed by atoms with E-state index in [1.54, 1.807) is 0 Å². The van der Waals surface area contributed by atoms with E-state index in [-0.39, 0.29) is 33.6 Å². The van der Waals surface area contributed by atoms with Crippen molar-refractivity contribution < 1.29 is 24.1 Å². The Hall–Kier alpha value is -3.40. The molecule has 0 bridgehead atoms. The van der Waals surface area contributed by atoms with E-state index >= 15 is 0 Å². The molecule has 0 heterocycles. The van der Waals surface area contributed by atoms with Gasteiger partial charge in [-0.25, -0.2) is 0 Å². The van der Waals surface area contributed by atoms with Gasteiger partial charge in [-0.2, -0.15) is 0 Å². The number of halogens is 1. The van der Waals surface area contributed by atoms with Gasteiger partial charge in [0.25, 0.3) is 17.3 Å². The molecule has 10 nitrogen and oxygen atoms in total. The third-order valence-electron chi connectivity index (χ3n) is 3.46. The molecule has 1 amide bonds. The van der Waals surface area contributed by atoms with Gasteiger partial charge in [0.05, 0.1) is 28.0 Å². The van der Waals surface area contributed by atoms with Gasteiger partial charge in [0.15, 0.2) is 6.10 Å². The largest absolute Gasteiger partial charge is 0.496 e. The molecule has 2 rings (SSSR count). The van der Waals surface area contributed by atoms with Crippen molar-refractivity contribution in [2.75, 3.05) is 12.4 Å². The Labute approximate surface area is 157 Å². The fourth-order valence-electron chi connectivity index (χ4n) is 2.07. The van der Waals surface area contributed by atoms with E-state index in [1.165, 1.54) is 44.4 Å². The van der Waals surface area contributed by atoms with Gasteiger partial charge in [-0.3, -0.25) is 25.0 Å². The molecular weight excluding hydrogens is 382 g/mol. The number of benzene rings is 2. The minimum atomic E-state index is -1.08. The molecule has 0 fully saturated rings. The van der Waals surface area contributed by atoms with E-state index in [2.05, 4.69) is 5.32 Å². The molecule has 142 valence electrons. The molecule has 2 aromatic carbocycles. The van der Waals surface area contributed by atoms with E-state index in [0.29, 0.717) is 0 Å². The summed E-state index contributed by atoms with van der Waals surface area (Å²) in [6, 6.07) is 7.51. The van der Waals surface area contributed by atoms with Crippen LogP contribution in [0, 0.1) is 20.2 Å². The average molecular weight is 396 g/mol. The number of hydrogen-bond acceptors (Lipinski definition) is 7. The lowest BCUT2D eigenvalue weighted by Gasteiger charge is -2.15. The van der Waals surface area contributed by atoms with E-state index < -0.39 is 21.9 Å². The highest BCUT2D eigenvalue weighted by molar-refractivity contribution is 6.32. The number of non-ortho nitro benzene ring substituents is 1. The molecule has 0 aliphatic carbocycles. The minimum absolute atomic E-state index is 0.0314. The first-order valence-electron chi connectivity index (χ1n) is 7.46. The summed E-state index contributed by atoms with van der Waals surface area (Å²) in [4.78, 5) is 32.9. The van der Waals surface area contributed by atoms with Gasteiger partial charge in [-0.15, -0.1) is 0 Å². The van der Waals surface area contributed by atoms with Crippen LogP contribution >= 0.6 is 11.6 Å². The van der Waals surface area contributed by atoms with E-state index in [0.717, 1.165) is 6.07 Å². The van der Waals surface area contributed by atoms with Crippen molar-refractivity contribution in [3.8, 4) is 11.5 Å². The van der Waals surface area contributed by atoms with Gasteiger partial charge in [0.2, 0.25) is 0 Å². The molecule has 0 unspecified atom stereocenters. The molecule has 2 aromatic rings. The second-order valence-corrected chi connectivity index (χ2v) is 5.67. The number of nitro benzene ring substituents is 2. The zero-order chi connectivity index (χ0) is 20.1. The van der Waals surface area contributed by atoms with Crippen LogP contribution in [0.1, 0.15) is 6.92 Å². The number of nitrogens with one attached hydrogen (secondary N) is 1. The minimum Gasteiger partial charge on any atom is -0.496 e. The van der Waals surface area contributed by atoms with E-state index in [1.807, 2.05) is 0 Å². The van der Waals surface area contributed by atoms with E-state index in [9.17, 15) is 25.0 Å². The maximum Gasteiger partial charge on any atom is 0.296 e. The zero-order valence-electron chi connectivity index (χ0n) is 14.2. The van der Waals surface area contributed by atoms with Crippen LogP contribution in [-0.4, -0.2) is 29.0 Å². The molecule has 0 saturated carbocycles. The Bertz CT molecular complexity index is 904. The zero-order valence-corrected chi connectivity index (χ0v) is 14.9. The first-order chi connectivity index (χ1) is 12.7. The summed E-state index contributed by atoms with van der Waals surface area (Å²) < 4.78 is 10.3. The number of ether oxygens (including phenoxy) is 2. The molecule has 0 aromatic heterocycles. The first kappa shape index (κ1) is 19.9. The summed E-state index contributed by atoms with van der Waals surface area (Å²) in [6.07, 6.45) is -1.08. The van der Waals surface area contributed by atoms with Crippen LogP contribution in [0.4, 0.5) is 17.1 Å². The molecule has 0 saturated heterocycles. The van der Waals surface area contributed by atoms with Gasteiger partial charge in [0.1, 0.15) is 17.2 Å². The molecule has 0 radical (unpaired) electrons. The predicted molar refractivity (Wildman–Crippen MR) is 96.5 cm³/mol. The number of rotatable bonds is 7. The highest BCUT2D eigenvalue weighted by Crippen LogP contribution is 2.31. The average Bonchev–Trinajstić information content (AvgIpc) is 2.63. The van der Waals surface area contributed by atoms with Gasteiger partial charge >= 0.3 is 0 Å². The van der Waals surface area contributed by atoms with Crippen LogP contribution in [0.3, 0.4) is 0 Å². The summed E-state index contributed by atoms with van der Waals surface area (Å²) in [6.45, 7) is 1.41. The molecule has 1 atom stereocenters. The van der Waals surface area contributed by atoms with Crippen molar-refractivity contribution in [2.24, 2.45) is 0 Å². The van der Waals surface area contributed by atoms with Crippen LogP contribution in [0.5, 0.6) is 11.5 Å². The van der Waals surface area contributed by atoms with Gasteiger partial charge in [-0.1, -0.05) is 11.6 Å². The van der Waals surface area contributed by atoms with Gasteiger partial charge in [0, 0.05) is 12.1 Å². The fourth-order valence-corrected chi connectivity index (χ4v) is 2.29. The SMILES string of the molecule is COc1ccc(NC(=O)[C@H](C)Oc2ccc([N+](=O)[O-])cc2Cl)c([N+](=O)[O-])c1. The molecule has 11 heteroatoms. The second kappa shape index (κ2) is 8.32. The number of amides is 1. The number of nitro groups is 2. The Morgan fingerprint density at radius 2 is 1.85 bits per heavy atom. The molecular formula is C16H14ClN3O7. The molecule has 1 N–H and O–H groups in total. The highest BCUT2D eigenvalue weighted by Gasteiger charge is 2.22. The molecule has 0 aliphatic rings. The van der Waals surface area contributed by atoms with Crippen molar-refractivity contribution in [2.45, 2.75) is 13.0 Å². The number of carbonyl (C=O) groups excluding carboxylic acids is 1. The third kappa shape index (κ3) is 4.82. The summed E-state index contributed by atoms with van der Waals surface area (Å²) in [7, 11) is 1.36. The number of carbonyl (C=O) groups is 1. The smallest absolute Gasteiger partial charge is 0.296 e. The quantitative estimate of drug-likeness (QED) is 0.559. The highest BCUT2D eigenvalue weighted by atomic mass is 35.5. The maximum atomic E-state index is 12.3. The summed E-state index contributed by atoms with van der Waals surface area (Å²) in [5.74, 6) is -0.339. The lowest BCUT2D eigenvalue weighted by atomic mass is 10.2. The van der Waals surface area contributed by atoms with Crippen molar-refractivity contribution in [1.82, 2.24) is 0 Å². The van der Waals surface area contributed by atoms with Crippen LogP contribution in [0.15, 0.2) is 36.4 Å². The standard InChI is InChI=1S/C16H14ClN3O7/c1-9(27-15-6-3-10(19(22)23)7-12(15)17)16(21)18-13-5-4-11(26-2)8-14(13)20(24)25/h3-9H,1-2H3,(H,18,21)/t9-/m0/s1. The van der Waals surface area contributed by atoms with Crippen molar-refractivity contribution >= 4 is 34.6 Å². The predicted octanol–water partition coefficient (Wildman–Crippen LogP) is 3.57. The summed E-state index contributed by atoms with van der Waals surface area (Å²) in [5.41, 5.74) is -0.599. The number of anilines is 1. The molecule has 27 heavy (non-hydrogen) atoms. The Morgan fingerprint density at radius 1 is 1.15 bits per heavy atom. The third-order valence-corrected chi connectivity index (χ3v) is 3.75. The van der Waals surface area contributed by atoms with Crippen LogP contribution in [0.2, 0.25) is 5.02 Å². The number of nitrogens with zero attached hydrogens (tertiary/aromatic N) is 2. The Balaban J connectivity index is 2.15. The maximum absolute atomic E-state index is 12.3. The lowest BCUT2D eigenvalue weighted by Crippen LogP contribution is -2.30. The van der Waals surface area contributed by atoms with Gasteiger partial charge < -0.3 is 14.8 Å². The van der Waals surface area contributed by atoms with Crippen molar-refractivity contribution in [3.05, 3.63) is 61.6 Å².